The molecule has 0 spiro atoms. The van der Waals surface area contributed by atoms with Crippen molar-refractivity contribution in [3.05, 3.63) is 30.1 Å². The Labute approximate surface area is 88.1 Å². The van der Waals surface area contributed by atoms with Gasteiger partial charge in [-0.25, -0.2) is 0 Å². The summed E-state index contributed by atoms with van der Waals surface area (Å²) in [6.07, 6.45) is 3.99. The van der Waals surface area contributed by atoms with Crippen LogP contribution in [0.2, 0.25) is 0 Å². The maximum Gasteiger partial charge on any atom is 0.142 e. The molecule has 3 rings (SSSR count). The zero-order chi connectivity index (χ0) is 10.5. The van der Waals surface area contributed by atoms with E-state index in [1.165, 1.54) is 0 Å². The van der Waals surface area contributed by atoms with E-state index in [4.69, 9.17) is 0 Å². The van der Waals surface area contributed by atoms with E-state index in [0.717, 1.165) is 12.8 Å². The lowest BCUT2D eigenvalue weighted by Crippen LogP contribution is -2.34. The van der Waals surface area contributed by atoms with Crippen LogP contribution in [0.5, 0.6) is 0 Å². The molecule has 2 bridgehead atoms. The summed E-state index contributed by atoms with van der Waals surface area (Å²) in [6.45, 7) is 0. The molecule has 2 aliphatic carbocycles. The van der Waals surface area contributed by atoms with Gasteiger partial charge >= 0.3 is 0 Å². The van der Waals surface area contributed by atoms with Crippen molar-refractivity contribution < 1.29 is 9.90 Å². The van der Waals surface area contributed by atoms with Gasteiger partial charge in [0.25, 0.3) is 0 Å². The van der Waals surface area contributed by atoms with Crippen molar-refractivity contribution in [3.8, 4) is 0 Å². The van der Waals surface area contributed by atoms with Gasteiger partial charge < -0.3 is 5.11 Å². The molecule has 3 heteroatoms. The van der Waals surface area contributed by atoms with E-state index >= 15 is 0 Å². The zero-order valence-corrected chi connectivity index (χ0v) is 8.39. The van der Waals surface area contributed by atoms with Crippen molar-refractivity contribution in [2.75, 3.05) is 0 Å². The monoisotopic (exact) mass is 203 g/mol. The van der Waals surface area contributed by atoms with Gasteiger partial charge in [0.1, 0.15) is 11.4 Å². The number of hydrogen-bond acceptors (Lipinski definition) is 3. The van der Waals surface area contributed by atoms with Gasteiger partial charge in [-0.05, 0) is 31.4 Å². The first-order valence-electron chi connectivity index (χ1n) is 5.39. The third kappa shape index (κ3) is 1.10. The average Bonchev–Trinajstić information content (AvgIpc) is 2.74. The summed E-state index contributed by atoms with van der Waals surface area (Å²) in [5.74, 6) is 0.0996. The van der Waals surface area contributed by atoms with E-state index in [2.05, 4.69) is 4.98 Å². The Morgan fingerprint density at radius 1 is 1.40 bits per heavy atom. The molecule has 3 unspecified atom stereocenters. The Hall–Kier alpha value is -1.22. The normalized spacial score (nSPS) is 38.6. The van der Waals surface area contributed by atoms with E-state index < -0.39 is 5.60 Å². The summed E-state index contributed by atoms with van der Waals surface area (Å²) in [5.41, 5.74) is -0.327. The standard InChI is InChI=1S/C12H13NO2/c14-11-8-4-5-9(11)12(15,7-8)10-3-1-2-6-13-10/h1-3,6,8-9,15H,4-5,7H2. The number of Topliss-reactive ketones (excluding diaryl/α,β-unsaturated/α-hetero) is 1. The lowest BCUT2D eigenvalue weighted by Gasteiger charge is -2.30. The smallest absolute Gasteiger partial charge is 0.142 e. The lowest BCUT2D eigenvalue weighted by atomic mass is 9.81. The Morgan fingerprint density at radius 2 is 2.27 bits per heavy atom. The second-order valence-electron chi connectivity index (χ2n) is 4.57. The molecule has 2 fully saturated rings. The molecule has 1 N–H and O–H groups in total. The van der Waals surface area contributed by atoms with Crippen LogP contribution in [0.1, 0.15) is 25.0 Å². The van der Waals surface area contributed by atoms with Gasteiger partial charge in [0.05, 0.1) is 11.6 Å². The van der Waals surface area contributed by atoms with Crippen LogP contribution in [-0.2, 0) is 10.4 Å². The molecule has 0 aromatic carbocycles. The molecule has 1 aromatic rings. The summed E-state index contributed by atoms with van der Waals surface area (Å²) < 4.78 is 0. The summed E-state index contributed by atoms with van der Waals surface area (Å²) in [6, 6.07) is 5.49. The molecule has 3 atom stereocenters. The second kappa shape index (κ2) is 2.89. The first kappa shape index (κ1) is 9.04. The fourth-order valence-electron chi connectivity index (χ4n) is 3.03. The molecule has 0 saturated heterocycles. The highest BCUT2D eigenvalue weighted by atomic mass is 16.3. The highest BCUT2D eigenvalue weighted by molar-refractivity contribution is 5.89. The Kier molecular flexibility index (Phi) is 1.74. The van der Waals surface area contributed by atoms with Crippen LogP contribution < -0.4 is 0 Å². The molecule has 3 nitrogen and oxygen atoms in total. The molecule has 0 aliphatic heterocycles. The van der Waals surface area contributed by atoms with E-state index in [-0.39, 0.29) is 17.6 Å². The van der Waals surface area contributed by atoms with Gasteiger partial charge in [0.2, 0.25) is 0 Å². The van der Waals surface area contributed by atoms with Crippen LogP contribution >= 0.6 is 0 Å². The van der Waals surface area contributed by atoms with Gasteiger partial charge in [-0.15, -0.1) is 0 Å². The number of aliphatic hydroxyl groups is 1. The predicted octanol–water partition coefficient (Wildman–Crippen LogP) is 1.27. The van der Waals surface area contributed by atoms with Gasteiger partial charge in [-0.3, -0.25) is 9.78 Å². The Morgan fingerprint density at radius 3 is 2.80 bits per heavy atom. The largest absolute Gasteiger partial charge is 0.383 e. The Balaban J connectivity index is 2.03. The topological polar surface area (TPSA) is 50.2 Å². The minimum absolute atomic E-state index is 0.0713. The van der Waals surface area contributed by atoms with Crippen molar-refractivity contribution in [2.24, 2.45) is 11.8 Å². The summed E-state index contributed by atoms with van der Waals surface area (Å²) in [4.78, 5) is 16.0. The number of pyridine rings is 1. The zero-order valence-electron chi connectivity index (χ0n) is 8.39. The quantitative estimate of drug-likeness (QED) is 0.747. The van der Waals surface area contributed by atoms with Crippen LogP contribution in [0.15, 0.2) is 24.4 Å². The lowest BCUT2D eigenvalue weighted by molar-refractivity contribution is -0.124. The molecule has 1 aromatic heterocycles. The molecule has 2 aliphatic rings. The molecule has 1 heterocycles. The number of nitrogens with zero attached hydrogens (tertiary/aromatic N) is 1. The number of ketones is 1. The second-order valence-corrected chi connectivity index (χ2v) is 4.57. The van der Waals surface area contributed by atoms with E-state index in [0.29, 0.717) is 12.1 Å². The minimum Gasteiger partial charge on any atom is -0.383 e. The van der Waals surface area contributed by atoms with Crippen LogP contribution in [0.3, 0.4) is 0 Å². The molecular weight excluding hydrogens is 190 g/mol. The van der Waals surface area contributed by atoms with E-state index in [1.54, 1.807) is 6.20 Å². The summed E-state index contributed by atoms with van der Waals surface area (Å²) >= 11 is 0. The van der Waals surface area contributed by atoms with Crippen molar-refractivity contribution in [1.29, 1.82) is 0 Å². The van der Waals surface area contributed by atoms with Gasteiger partial charge in [-0.2, -0.15) is 0 Å². The maximum atomic E-state index is 11.8. The third-order valence-electron chi connectivity index (χ3n) is 3.79. The summed E-state index contributed by atoms with van der Waals surface area (Å²) in [5, 5.41) is 10.5. The van der Waals surface area contributed by atoms with Crippen molar-refractivity contribution in [1.82, 2.24) is 4.98 Å². The van der Waals surface area contributed by atoms with E-state index in [9.17, 15) is 9.90 Å². The fourth-order valence-corrected chi connectivity index (χ4v) is 3.03. The van der Waals surface area contributed by atoms with Crippen molar-refractivity contribution in [2.45, 2.75) is 24.9 Å². The molecular formula is C12H13NO2. The fraction of sp³-hybridized carbons (Fsp3) is 0.500. The number of hydrogen-bond donors (Lipinski definition) is 1. The Bertz CT molecular complexity index is 403. The highest BCUT2D eigenvalue weighted by Crippen LogP contribution is 2.52. The summed E-state index contributed by atoms with van der Waals surface area (Å²) in [7, 11) is 0. The number of carbonyl (C=O) groups excluding carboxylic acids is 1. The van der Waals surface area contributed by atoms with Gasteiger partial charge in [0, 0.05) is 12.1 Å². The molecule has 0 amide bonds. The number of rotatable bonds is 1. The third-order valence-corrected chi connectivity index (χ3v) is 3.79. The van der Waals surface area contributed by atoms with Crippen LogP contribution in [0.25, 0.3) is 0 Å². The number of aromatic nitrogens is 1. The highest BCUT2D eigenvalue weighted by Gasteiger charge is 2.57. The maximum absolute atomic E-state index is 11.8. The predicted molar refractivity (Wildman–Crippen MR) is 54.0 cm³/mol. The first-order chi connectivity index (χ1) is 7.22. The van der Waals surface area contributed by atoms with E-state index in [1.807, 2.05) is 18.2 Å². The number of fused-ring (bicyclic) bond motifs is 2. The van der Waals surface area contributed by atoms with Crippen LogP contribution in [0, 0.1) is 11.8 Å². The molecule has 15 heavy (non-hydrogen) atoms. The molecule has 78 valence electrons. The molecule has 0 radical (unpaired) electrons. The average molecular weight is 203 g/mol. The minimum atomic E-state index is -0.985. The number of carbonyl (C=O) groups is 1. The van der Waals surface area contributed by atoms with Crippen LogP contribution in [0.4, 0.5) is 0 Å². The van der Waals surface area contributed by atoms with Gasteiger partial charge in [0.15, 0.2) is 0 Å². The van der Waals surface area contributed by atoms with Crippen LogP contribution in [-0.4, -0.2) is 15.9 Å². The van der Waals surface area contributed by atoms with Crippen molar-refractivity contribution in [3.63, 3.8) is 0 Å². The van der Waals surface area contributed by atoms with Gasteiger partial charge in [-0.1, -0.05) is 6.07 Å². The SMILES string of the molecule is O=C1C2CCC1C(O)(c1ccccn1)C2. The first-order valence-corrected chi connectivity index (χ1v) is 5.39. The molecule has 2 saturated carbocycles. The van der Waals surface area contributed by atoms with Crippen molar-refractivity contribution >= 4 is 5.78 Å².